The number of rotatable bonds is 6. The van der Waals surface area contributed by atoms with Gasteiger partial charge in [0.25, 0.3) is 17.7 Å². The van der Waals surface area contributed by atoms with Crippen molar-refractivity contribution in [3.8, 4) is 0 Å². The van der Waals surface area contributed by atoms with Gasteiger partial charge in [-0.3, -0.25) is 24.1 Å². The topological polar surface area (TPSA) is 86.8 Å². The summed E-state index contributed by atoms with van der Waals surface area (Å²) in [6.45, 7) is 3.46. The van der Waals surface area contributed by atoms with Crippen molar-refractivity contribution in [1.82, 2.24) is 15.1 Å². The largest absolute Gasteiger partial charge is 0.353 e. The van der Waals surface area contributed by atoms with Crippen molar-refractivity contribution < 1.29 is 19.2 Å². The summed E-state index contributed by atoms with van der Waals surface area (Å²) >= 11 is 0. The predicted octanol–water partition coefficient (Wildman–Crippen LogP) is 2.21. The molecule has 7 nitrogen and oxygen atoms in total. The number of carbonyl (C=O) groups excluding carboxylic acids is 4. The van der Waals surface area contributed by atoms with E-state index in [1.54, 1.807) is 23.1 Å². The Morgan fingerprint density at radius 3 is 2.38 bits per heavy atom. The molecular formula is C22H27N3O4. The normalized spacial score (nSPS) is 19.5. The lowest BCUT2D eigenvalue weighted by atomic mass is 9.95. The number of piperidine rings is 1. The van der Waals surface area contributed by atoms with Gasteiger partial charge in [-0.1, -0.05) is 13.3 Å². The van der Waals surface area contributed by atoms with E-state index in [-0.39, 0.29) is 29.5 Å². The monoisotopic (exact) mass is 397 g/mol. The summed E-state index contributed by atoms with van der Waals surface area (Å²) < 4.78 is 0. The number of nitrogens with one attached hydrogen (secondary N) is 1. The molecule has 2 fully saturated rings. The lowest BCUT2D eigenvalue weighted by molar-refractivity contribution is -0.126. The smallest absolute Gasteiger partial charge is 0.261 e. The van der Waals surface area contributed by atoms with E-state index in [0.717, 1.165) is 25.7 Å². The minimum Gasteiger partial charge on any atom is -0.353 e. The number of hydrogen-bond donors (Lipinski definition) is 1. The van der Waals surface area contributed by atoms with Gasteiger partial charge >= 0.3 is 0 Å². The van der Waals surface area contributed by atoms with Crippen LogP contribution in [-0.2, 0) is 4.79 Å². The second kappa shape index (κ2) is 7.97. The first-order valence-corrected chi connectivity index (χ1v) is 10.6. The first-order chi connectivity index (χ1) is 14.0. The van der Waals surface area contributed by atoms with Crippen LogP contribution >= 0.6 is 0 Å². The molecule has 1 saturated carbocycles. The number of hydrogen-bond acceptors (Lipinski definition) is 4. The van der Waals surface area contributed by atoms with E-state index in [4.69, 9.17) is 0 Å². The molecular weight excluding hydrogens is 370 g/mol. The molecule has 7 heteroatoms. The van der Waals surface area contributed by atoms with Gasteiger partial charge in [0.2, 0.25) is 5.91 Å². The molecule has 2 heterocycles. The summed E-state index contributed by atoms with van der Waals surface area (Å²) in [6.07, 6.45) is 5.10. The number of unbranched alkanes of at least 4 members (excludes halogenated alkanes) is 1. The zero-order chi connectivity index (χ0) is 20.5. The molecule has 2 aliphatic heterocycles. The highest BCUT2D eigenvalue weighted by Gasteiger charge is 2.36. The molecule has 1 N–H and O–H groups in total. The fourth-order valence-corrected chi connectivity index (χ4v) is 4.02. The summed E-state index contributed by atoms with van der Waals surface area (Å²) in [5, 5.41) is 3.04. The van der Waals surface area contributed by atoms with Gasteiger partial charge < -0.3 is 10.2 Å². The van der Waals surface area contributed by atoms with Crippen molar-refractivity contribution in [2.45, 2.75) is 51.5 Å². The quantitative estimate of drug-likeness (QED) is 0.746. The Morgan fingerprint density at radius 1 is 1.03 bits per heavy atom. The minimum atomic E-state index is -0.316. The Bertz CT molecular complexity index is 854. The zero-order valence-electron chi connectivity index (χ0n) is 16.8. The third-order valence-electron chi connectivity index (χ3n) is 6.03. The Kier molecular flexibility index (Phi) is 5.39. The Hall–Kier alpha value is -2.70. The van der Waals surface area contributed by atoms with Crippen LogP contribution in [0, 0.1) is 5.92 Å². The Morgan fingerprint density at radius 2 is 1.72 bits per heavy atom. The zero-order valence-corrected chi connectivity index (χ0v) is 16.8. The number of nitrogens with zero attached hydrogens (tertiary/aromatic N) is 2. The lowest BCUT2D eigenvalue weighted by Gasteiger charge is -2.31. The maximum absolute atomic E-state index is 12.9. The van der Waals surface area contributed by atoms with Gasteiger partial charge in [-0.2, -0.15) is 0 Å². The van der Waals surface area contributed by atoms with E-state index in [1.165, 1.54) is 4.90 Å². The summed E-state index contributed by atoms with van der Waals surface area (Å²) in [6, 6.07) is 5.12. The molecule has 3 aliphatic rings. The van der Waals surface area contributed by atoms with Crippen LogP contribution in [-0.4, -0.2) is 59.1 Å². The second-order valence-electron chi connectivity index (χ2n) is 8.23. The number of amides is 4. The Labute approximate surface area is 170 Å². The number of benzene rings is 1. The second-order valence-corrected chi connectivity index (χ2v) is 8.23. The molecule has 1 aromatic carbocycles. The first-order valence-electron chi connectivity index (χ1n) is 10.6. The van der Waals surface area contributed by atoms with Crippen molar-refractivity contribution in [3.63, 3.8) is 0 Å². The van der Waals surface area contributed by atoms with Crippen LogP contribution in [0.1, 0.15) is 76.5 Å². The van der Waals surface area contributed by atoms with Crippen LogP contribution in [0.5, 0.6) is 0 Å². The van der Waals surface area contributed by atoms with E-state index in [2.05, 4.69) is 5.32 Å². The fraction of sp³-hybridized carbons (Fsp3) is 0.545. The SMILES string of the molecule is CCCCN1C(=O)c2ccc(C(=O)N3CCC(C(=O)NC4CC4)CC3)cc2C1=O. The van der Waals surface area contributed by atoms with Crippen molar-refractivity contribution in [2.75, 3.05) is 19.6 Å². The number of imide groups is 1. The third kappa shape index (κ3) is 3.91. The van der Waals surface area contributed by atoms with E-state index in [0.29, 0.717) is 55.2 Å². The highest BCUT2D eigenvalue weighted by atomic mass is 16.2. The van der Waals surface area contributed by atoms with Gasteiger partial charge in [-0.25, -0.2) is 0 Å². The molecule has 0 atom stereocenters. The van der Waals surface area contributed by atoms with Crippen LogP contribution in [0.25, 0.3) is 0 Å². The van der Waals surface area contributed by atoms with E-state index >= 15 is 0 Å². The molecule has 29 heavy (non-hydrogen) atoms. The standard InChI is InChI=1S/C22H27N3O4/c1-2-3-10-25-21(28)17-7-4-15(13-18(17)22(25)29)20(27)24-11-8-14(9-12-24)19(26)23-16-5-6-16/h4,7,13-14,16H,2-3,5-6,8-12H2,1H3,(H,23,26). The lowest BCUT2D eigenvalue weighted by Crippen LogP contribution is -2.43. The van der Waals surface area contributed by atoms with Gasteiger partial charge in [0.15, 0.2) is 0 Å². The molecule has 1 aliphatic carbocycles. The average Bonchev–Trinajstić information content (AvgIpc) is 3.52. The van der Waals surface area contributed by atoms with E-state index in [9.17, 15) is 19.2 Å². The molecule has 0 bridgehead atoms. The molecule has 154 valence electrons. The number of carbonyl (C=O) groups is 4. The molecule has 0 unspecified atom stereocenters. The molecule has 0 aromatic heterocycles. The third-order valence-corrected chi connectivity index (χ3v) is 6.03. The fourth-order valence-electron chi connectivity index (χ4n) is 4.02. The number of fused-ring (bicyclic) bond motifs is 1. The van der Waals surface area contributed by atoms with Crippen LogP contribution < -0.4 is 5.32 Å². The van der Waals surface area contributed by atoms with E-state index < -0.39 is 0 Å². The molecule has 0 spiro atoms. The number of likely N-dealkylation sites (tertiary alicyclic amines) is 1. The van der Waals surface area contributed by atoms with Crippen LogP contribution in [0.3, 0.4) is 0 Å². The van der Waals surface area contributed by atoms with Crippen LogP contribution in [0.15, 0.2) is 18.2 Å². The summed E-state index contributed by atoms with van der Waals surface area (Å²) in [5.74, 6) is -0.677. The van der Waals surface area contributed by atoms with Gasteiger partial charge in [-0.15, -0.1) is 0 Å². The maximum atomic E-state index is 12.9. The highest BCUT2D eigenvalue weighted by Crippen LogP contribution is 2.27. The summed E-state index contributed by atoms with van der Waals surface area (Å²) in [5.41, 5.74) is 1.11. The van der Waals surface area contributed by atoms with Gasteiger partial charge in [0, 0.05) is 37.2 Å². The molecule has 1 saturated heterocycles. The average molecular weight is 397 g/mol. The van der Waals surface area contributed by atoms with Gasteiger partial charge in [-0.05, 0) is 50.3 Å². The highest BCUT2D eigenvalue weighted by molar-refractivity contribution is 6.22. The maximum Gasteiger partial charge on any atom is 0.261 e. The van der Waals surface area contributed by atoms with Crippen molar-refractivity contribution in [2.24, 2.45) is 5.92 Å². The Balaban J connectivity index is 1.40. The molecule has 4 amide bonds. The predicted molar refractivity (Wildman–Crippen MR) is 107 cm³/mol. The van der Waals surface area contributed by atoms with Gasteiger partial charge in [0.05, 0.1) is 11.1 Å². The minimum absolute atomic E-state index is 0.0361. The first kappa shape index (κ1) is 19.6. The van der Waals surface area contributed by atoms with Crippen molar-refractivity contribution in [3.05, 3.63) is 34.9 Å². The van der Waals surface area contributed by atoms with Crippen LogP contribution in [0.4, 0.5) is 0 Å². The molecule has 1 aromatic rings. The van der Waals surface area contributed by atoms with Crippen molar-refractivity contribution in [1.29, 1.82) is 0 Å². The summed E-state index contributed by atoms with van der Waals surface area (Å²) in [4.78, 5) is 53.2. The summed E-state index contributed by atoms with van der Waals surface area (Å²) in [7, 11) is 0. The van der Waals surface area contributed by atoms with Gasteiger partial charge in [0.1, 0.15) is 0 Å². The van der Waals surface area contributed by atoms with E-state index in [1.807, 2.05) is 6.92 Å². The van der Waals surface area contributed by atoms with Crippen molar-refractivity contribution >= 4 is 23.6 Å². The molecule has 4 rings (SSSR count). The molecule has 0 radical (unpaired) electrons. The van der Waals surface area contributed by atoms with Crippen LogP contribution in [0.2, 0.25) is 0 Å².